The molecule has 2 aromatic carbocycles. The van der Waals surface area contributed by atoms with E-state index in [1.807, 2.05) is 44.2 Å². The molecular weight excluding hydrogens is 384 g/mol. The third-order valence-corrected chi connectivity index (χ3v) is 4.81. The summed E-state index contributed by atoms with van der Waals surface area (Å²) in [5.41, 5.74) is -0.415. The fourth-order valence-electron chi connectivity index (χ4n) is 3.11. The van der Waals surface area contributed by atoms with E-state index >= 15 is 0 Å². The Kier molecular flexibility index (Phi) is 6.46. The van der Waals surface area contributed by atoms with Crippen LogP contribution < -0.4 is 16.0 Å². The minimum absolute atomic E-state index is 0.0374. The number of benzene rings is 2. The molecule has 0 aliphatic rings. The van der Waals surface area contributed by atoms with E-state index < -0.39 is 17.2 Å². The summed E-state index contributed by atoms with van der Waals surface area (Å²) in [6.45, 7) is 4.54. The van der Waals surface area contributed by atoms with Crippen LogP contribution in [0, 0.1) is 0 Å². The van der Waals surface area contributed by atoms with Gasteiger partial charge in [0.1, 0.15) is 5.75 Å². The first-order chi connectivity index (χ1) is 14.5. The maximum Gasteiger partial charge on any atom is 0.352 e. The SMILES string of the molecule is CCN(CC)C(=O)c1nn(-c2ccc(OC)cc2)c(=O)n(Cc2ccccc2)c1=O. The molecule has 1 heterocycles. The molecule has 0 aliphatic heterocycles. The molecular formula is C22H24N4O4. The van der Waals surface area contributed by atoms with Gasteiger partial charge < -0.3 is 9.64 Å². The van der Waals surface area contributed by atoms with Crippen molar-refractivity contribution in [1.82, 2.24) is 19.2 Å². The topological polar surface area (TPSA) is 86.4 Å². The normalized spacial score (nSPS) is 10.6. The van der Waals surface area contributed by atoms with Crippen LogP contribution in [0.25, 0.3) is 5.69 Å². The van der Waals surface area contributed by atoms with Gasteiger partial charge in [-0.25, -0.2) is 4.79 Å². The van der Waals surface area contributed by atoms with Crippen LogP contribution >= 0.6 is 0 Å². The van der Waals surface area contributed by atoms with E-state index in [1.54, 1.807) is 31.4 Å². The Bertz CT molecular complexity index is 1130. The molecule has 0 fully saturated rings. The first-order valence-electron chi connectivity index (χ1n) is 9.71. The minimum atomic E-state index is -0.703. The number of amides is 1. The van der Waals surface area contributed by atoms with Gasteiger partial charge in [-0.3, -0.25) is 14.2 Å². The Morgan fingerprint density at radius 1 is 1.00 bits per heavy atom. The lowest BCUT2D eigenvalue weighted by atomic mass is 10.2. The van der Waals surface area contributed by atoms with Crippen LogP contribution in [0.4, 0.5) is 0 Å². The zero-order valence-electron chi connectivity index (χ0n) is 17.2. The number of carbonyl (C=O) groups excluding carboxylic acids is 1. The van der Waals surface area contributed by atoms with Crippen molar-refractivity contribution in [2.75, 3.05) is 20.2 Å². The fraction of sp³-hybridized carbons (Fsp3) is 0.273. The van der Waals surface area contributed by atoms with Gasteiger partial charge in [-0.2, -0.15) is 9.78 Å². The lowest BCUT2D eigenvalue weighted by Gasteiger charge is -2.19. The molecule has 1 amide bonds. The van der Waals surface area contributed by atoms with Gasteiger partial charge in [0.15, 0.2) is 0 Å². The standard InChI is InChI=1S/C22H24N4O4/c1-4-24(5-2)20(27)19-21(28)25(15-16-9-7-6-8-10-16)22(29)26(23-19)17-11-13-18(30-3)14-12-17/h6-14H,4-5,15H2,1-3H3. The molecule has 3 rings (SSSR count). The van der Waals surface area contributed by atoms with Gasteiger partial charge in [-0.15, -0.1) is 0 Å². The van der Waals surface area contributed by atoms with Crippen molar-refractivity contribution >= 4 is 5.91 Å². The highest BCUT2D eigenvalue weighted by Gasteiger charge is 2.23. The van der Waals surface area contributed by atoms with Gasteiger partial charge in [-0.1, -0.05) is 30.3 Å². The second-order valence-electron chi connectivity index (χ2n) is 6.60. The number of rotatable bonds is 7. The number of hydrogen-bond donors (Lipinski definition) is 0. The number of nitrogens with zero attached hydrogens (tertiary/aromatic N) is 4. The van der Waals surface area contributed by atoms with E-state index in [0.29, 0.717) is 24.5 Å². The van der Waals surface area contributed by atoms with Crippen LogP contribution in [0.2, 0.25) is 0 Å². The molecule has 0 saturated heterocycles. The van der Waals surface area contributed by atoms with Crippen LogP contribution in [0.3, 0.4) is 0 Å². The lowest BCUT2D eigenvalue weighted by Crippen LogP contribution is -2.46. The van der Waals surface area contributed by atoms with Crippen molar-refractivity contribution in [2.24, 2.45) is 0 Å². The van der Waals surface area contributed by atoms with Crippen LogP contribution in [-0.4, -0.2) is 45.4 Å². The van der Waals surface area contributed by atoms with Crippen LogP contribution in [0.5, 0.6) is 5.75 Å². The Hall–Kier alpha value is -3.68. The van der Waals surface area contributed by atoms with Gasteiger partial charge >= 0.3 is 5.69 Å². The molecule has 0 aliphatic carbocycles. The summed E-state index contributed by atoms with van der Waals surface area (Å²) in [5, 5.41) is 4.16. The highest BCUT2D eigenvalue weighted by Crippen LogP contribution is 2.13. The zero-order chi connectivity index (χ0) is 21.7. The fourth-order valence-corrected chi connectivity index (χ4v) is 3.11. The van der Waals surface area contributed by atoms with E-state index in [9.17, 15) is 14.4 Å². The Labute approximate surface area is 174 Å². The predicted molar refractivity (Wildman–Crippen MR) is 113 cm³/mol. The number of hydrogen-bond acceptors (Lipinski definition) is 5. The lowest BCUT2D eigenvalue weighted by molar-refractivity contribution is 0.0761. The van der Waals surface area contributed by atoms with E-state index in [-0.39, 0.29) is 12.2 Å². The van der Waals surface area contributed by atoms with Crippen molar-refractivity contribution in [1.29, 1.82) is 0 Å². The Balaban J connectivity index is 2.21. The third-order valence-electron chi connectivity index (χ3n) is 4.81. The average Bonchev–Trinajstić information content (AvgIpc) is 2.78. The maximum atomic E-state index is 13.1. The molecule has 0 saturated carbocycles. The highest BCUT2D eigenvalue weighted by molar-refractivity contribution is 5.91. The van der Waals surface area contributed by atoms with E-state index in [2.05, 4.69) is 5.10 Å². The van der Waals surface area contributed by atoms with Gasteiger partial charge in [0, 0.05) is 13.1 Å². The molecule has 0 bridgehead atoms. The van der Waals surface area contributed by atoms with Crippen LogP contribution in [0.1, 0.15) is 29.9 Å². The molecule has 0 spiro atoms. The monoisotopic (exact) mass is 408 g/mol. The first kappa shape index (κ1) is 21.0. The largest absolute Gasteiger partial charge is 0.497 e. The summed E-state index contributed by atoms with van der Waals surface area (Å²) >= 11 is 0. The molecule has 30 heavy (non-hydrogen) atoms. The van der Waals surface area contributed by atoms with E-state index in [0.717, 1.165) is 14.8 Å². The molecule has 0 atom stereocenters. The van der Waals surface area contributed by atoms with Crippen LogP contribution in [0.15, 0.2) is 64.2 Å². The Morgan fingerprint density at radius 2 is 1.63 bits per heavy atom. The molecule has 0 radical (unpaired) electrons. The maximum absolute atomic E-state index is 13.1. The number of carbonyl (C=O) groups is 1. The molecule has 3 aromatic rings. The number of aromatic nitrogens is 3. The summed E-state index contributed by atoms with van der Waals surface area (Å²) in [4.78, 5) is 40.7. The van der Waals surface area contributed by atoms with Gasteiger partial charge in [-0.05, 0) is 43.7 Å². The molecule has 8 heteroatoms. The van der Waals surface area contributed by atoms with Crippen molar-refractivity contribution < 1.29 is 9.53 Å². The second kappa shape index (κ2) is 9.21. The Morgan fingerprint density at radius 3 is 2.20 bits per heavy atom. The molecule has 8 nitrogen and oxygen atoms in total. The second-order valence-corrected chi connectivity index (χ2v) is 6.60. The summed E-state index contributed by atoms with van der Waals surface area (Å²) < 4.78 is 7.28. The summed E-state index contributed by atoms with van der Waals surface area (Å²) in [6.07, 6.45) is 0. The predicted octanol–water partition coefficient (Wildman–Crippen LogP) is 1.93. The molecule has 1 aromatic heterocycles. The first-order valence-corrected chi connectivity index (χ1v) is 9.71. The molecule has 0 N–H and O–H groups in total. The quantitative estimate of drug-likeness (QED) is 0.596. The zero-order valence-corrected chi connectivity index (χ0v) is 17.2. The van der Waals surface area contributed by atoms with Crippen molar-refractivity contribution in [3.05, 3.63) is 86.7 Å². The third kappa shape index (κ3) is 4.17. The van der Waals surface area contributed by atoms with Gasteiger partial charge in [0.2, 0.25) is 5.69 Å². The van der Waals surface area contributed by atoms with Gasteiger partial charge in [0.05, 0.1) is 19.3 Å². The van der Waals surface area contributed by atoms with E-state index in [4.69, 9.17) is 4.74 Å². The van der Waals surface area contributed by atoms with E-state index in [1.165, 1.54) is 4.90 Å². The van der Waals surface area contributed by atoms with Crippen molar-refractivity contribution in [2.45, 2.75) is 20.4 Å². The number of methoxy groups -OCH3 is 1. The highest BCUT2D eigenvalue weighted by atomic mass is 16.5. The smallest absolute Gasteiger partial charge is 0.352 e. The summed E-state index contributed by atoms with van der Waals surface area (Å²) in [5.74, 6) is 0.109. The number of ether oxygens (including phenoxy) is 1. The summed E-state index contributed by atoms with van der Waals surface area (Å²) in [7, 11) is 1.54. The van der Waals surface area contributed by atoms with Crippen molar-refractivity contribution in [3.8, 4) is 11.4 Å². The van der Waals surface area contributed by atoms with Crippen LogP contribution in [-0.2, 0) is 6.54 Å². The minimum Gasteiger partial charge on any atom is -0.497 e. The van der Waals surface area contributed by atoms with Gasteiger partial charge in [0.25, 0.3) is 11.5 Å². The van der Waals surface area contributed by atoms with Crippen molar-refractivity contribution in [3.63, 3.8) is 0 Å². The molecule has 0 unspecified atom stereocenters. The molecule has 156 valence electrons. The summed E-state index contributed by atoms with van der Waals surface area (Å²) in [6, 6.07) is 15.8. The average molecular weight is 408 g/mol.